The predicted octanol–water partition coefficient (Wildman–Crippen LogP) is 3.57. The molecule has 0 aliphatic heterocycles. The van der Waals surface area contributed by atoms with Gasteiger partial charge in [-0.3, -0.25) is 4.98 Å². The molecule has 1 aromatic carbocycles. The zero-order valence-corrected chi connectivity index (χ0v) is 12.9. The normalized spacial score (nSPS) is 12.1. The first-order chi connectivity index (χ1) is 8.26. The Bertz CT molecular complexity index is 603. The monoisotopic (exact) mass is 358 g/mol. The van der Waals surface area contributed by atoms with Gasteiger partial charge in [-0.15, -0.1) is 0 Å². The summed E-state index contributed by atoms with van der Waals surface area (Å²) in [5.41, 5.74) is 8.07. The summed E-state index contributed by atoms with van der Waals surface area (Å²) < 4.78 is 14.8. The SMILES string of the molecule is Cc1cc(CC(C)(C)N)c2cc(I)cc(F)c2n1. The van der Waals surface area contributed by atoms with Crippen molar-refractivity contribution in [3.63, 3.8) is 0 Å². The molecule has 0 amide bonds. The van der Waals surface area contributed by atoms with Gasteiger partial charge in [0.25, 0.3) is 0 Å². The van der Waals surface area contributed by atoms with E-state index in [-0.39, 0.29) is 11.4 Å². The van der Waals surface area contributed by atoms with Gasteiger partial charge in [-0.25, -0.2) is 4.39 Å². The van der Waals surface area contributed by atoms with Gasteiger partial charge in [0.1, 0.15) is 11.3 Å². The lowest BCUT2D eigenvalue weighted by molar-refractivity contribution is 0.518. The number of fused-ring (bicyclic) bond motifs is 1. The second-order valence-electron chi connectivity index (χ2n) is 5.37. The second kappa shape index (κ2) is 4.74. The highest BCUT2D eigenvalue weighted by Gasteiger charge is 2.16. The molecule has 18 heavy (non-hydrogen) atoms. The summed E-state index contributed by atoms with van der Waals surface area (Å²) in [5.74, 6) is -0.267. The van der Waals surface area contributed by atoms with E-state index in [9.17, 15) is 4.39 Å². The maximum absolute atomic E-state index is 13.9. The molecular weight excluding hydrogens is 342 g/mol. The van der Waals surface area contributed by atoms with Crippen molar-refractivity contribution in [2.45, 2.75) is 32.7 Å². The van der Waals surface area contributed by atoms with E-state index in [0.29, 0.717) is 11.9 Å². The second-order valence-corrected chi connectivity index (χ2v) is 6.62. The fraction of sp³-hybridized carbons (Fsp3) is 0.357. The molecule has 0 aliphatic carbocycles. The van der Waals surface area contributed by atoms with Crippen molar-refractivity contribution in [2.75, 3.05) is 0 Å². The first kappa shape index (κ1) is 13.7. The minimum absolute atomic E-state index is 0.267. The molecule has 0 spiro atoms. The molecule has 0 saturated carbocycles. The molecule has 0 unspecified atom stereocenters. The maximum atomic E-state index is 13.9. The Morgan fingerprint density at radius 1 is 1.33 bits per heavy atom. The Morgan fingerprint density at radius 3 is 2.61 bits per heavy atom. The molecule has 2 aromatic rings. The lowest BCUT2D eigenvalue weighted by Gasteiger charge is -2.20. The van der Waals surface area contributed by atoms with Crippen molar-refractivity contribution in [2.24, 2.45) is 5.73 Å². The molecule has 2 N–H and O–H groups in total. The first-order valence-electron chi connectivity index (χ1n) is 5.80. The molecular formula is C14H16FIN2. The average molecular weight is 358 g/mol. The van der Waals surface area contributed by atoms with Crippen molar-refractivity contribution in [1.82, 2.24) is 4.98 Å². The van der Waals surface area contributed by atoms with E-state index in [1.54, 1.807) is 0 Å². The quantitative estimate of drug-likeness (QED) is 0.834. The Kier molecular flexibility index (Phi) is 3.60. The highest BCUT2D eigenvalue weighted by atomic mass is 127. The molecule has 2 rings (SSSR count). The minimum atomic E-state index is -0.321. The van der Waals surface area contributed by atoms with Gasteiger partial charge in [-0.1, -0.05) is 0 Å². The van der Waals surface area contributed by atoms with E-state index >= 15 is 0 Å². The zero-order chi connectivity index (χ0) is 13.5. The topological polar surface area (TPSA) is 38.9 Å². The van der Waals surface area contributed by atoms with Gasteiger partial charge >= 0.3 is 0 Å². The number of nitrogens with two attached hydrogens (primary N) is 1. The van der Waals surface area contributed by atoms with Crippen LogP contribution in [-0.2, 0) is 6.42 Å². The lowest BCUT2D eigenvalue weighted by atomic mass is 9.93. The Morgan fingerprint density at radius 2 is 2.00 bits per heavy atom. The molecule has 0 fully saturated rings. The van der Waals surface area contributed by atoms with E-state index in [2.05, 4.69) is 27.6 Å². The molecule has 2 nitrogen and oxygen atoms in total. The van der Waals surface area contributed by atoms with E-state index in [1.807, 2.05) is 32.9 Å². The van der Waals surface area contributed by atoms with Crippen LogP contribution in [0, 0.1) is 16.3 Å². The number of nitrogens with zero attached hydrogens (tertiary/aromatic N) is 1. The molecule has 1 heterocycles. The molecule has 0 aliphatic rings. The highest BCUT2D eigenvalue weighted by Crippen LogP contribution is 2.26. The van der Waals surface area contributed by atoms with E-state index in [0.717, 1.165) is 20.2 Å². The van der Waals surface area contributed by atoms with E-state index < -0.39 is 0 Å². The smallest absolute Gasteiger partial charge is 0.150 e. The van der Waals surface area contributed by atoms with Crippen LogP contribution in [0.5, 0.6) is 0 Å². The van der Waals surface area contributed by atoms with Crippen molar-refractivity contribution in [3.05, 3.63) is 38.8 Å². The van der Waals surface area contributed by atoms with Crippen molar-refractivity contribution < 1.29 is 4.39 Å². The van der Waals surface area contributed by atoms with Crippen molar-refractivity contribution >= 4 is 33.5 Å². The van der Waals surface area contributed by atoms with Crippen LogP contribution in [0.4, 0.5) is 4.39 Å². The first-order valence-corrected chi connectivity index (χ1v) is 6.88. The Hall–Kier alpha value is -0.750. The summed E-state index contributed by atoms with van der Waals surface area (Å²) in [6, 6.07) is 5.46. The summed E-state index contributed by atoms with van der Waals surface area (Å²) in [5, 5.41) is 0.864. The highest BCUT2D eigenvalue weighted by molar-refractivity contribution is 14.1. The summed E-state index contributed by atoms with van der Waals surface area (Å²) in [6.07, 6.45) is 0.701. The predicted molar refractivity (Wildman–Crippen MR) is 81.1 cm³/mol. The summed E-state index contributed by atoms with van der Waals surface area (Å²) in [7, 11) is 0. The maximum Gasteiger partial charge on any atom is 0.150 e. The van der Waals surface area contributed by atoms with Gasteiger partial charge in [0, 0.05) is 20.2 Å². The lowest BCUT2D eigenvalue weighted by Crippen LogP contribution is -2.34. The van der Waals surface area contributed by atoms with Crippen LogP contribution in [0.15, 0.2) is 18.2 Å². The fourth-order valence-electron chi connectivity index (χ4n) is 2.10. The number of benzene rings is 1. The molecule has 4 heteroatoms. The molecule has 0 saturated heterocycles. The third-order valence-corrected chi connectivity index (χ3v) is 3.31. The molecule has 0 atom stereocenters. The summed E-state index contributed by atoms with van der Waals surface area (Å²) >= 11 is 2.12. The number of aryl methyl sites for hydroxylation is 1. The van der Waals surface area contributed by atoms with Crippen LogP contribution in [0.25, 0.3) is 10.9 Å². The van der Waals surface area contributed by atoms with E-state index in [1.165, 1.54) is 6.07 Å². The Labute approximate surface area is 120 Å². The van der Waals surface area contributed by atoms with Gasteiger partial charge in [0.15, 0.2) is 0 Å². The van der Waals surface area contributed by atoms with Crippen LogP contribution in [0.2, 0.25) is 0 Å². The van der Waals surface area contributed by atoms with E-state index in [4.69, 9.17) is 5.73 Å². The van der Waals surface area contributed by atoms with Crippen LogP contribution in [0.1, 0.15) is 25.1 Å². The number of pyridine rings is 1. The molecule has 0 bridgehead atoms. The van der Waals surface area contributed by atoms with Crippen LogP contribution < -0.4 is 5.73 Å². The average Bonchev–Trinajstić information content (AvgIpc) is 2.17. The molecule has 0 radical (unpaired) electrons. The summed E-state index contributed by atoms with van der Waals surface area (Å²) in [4.78, 5) is 4.29. The number of hydrogen-bond donors (Lipinski definition) is 1. The number of halogens is 2. The van der Waals surface area contributed by atoms with Gasteiger partial charge < -0.3 is 5.73 Å². The summed E-state index contributed by atoms with van der Waals surface area (Å²) in [6.45, 7) is 5.82. The zero-order valence-electron chi connectivity index (χ0n) is 10.7. The third kappa shape index (κ3) is 2.98. The number of aromatic nitrogens is 1. The van der Waals surface area contributed by atoms with Crippen LogP contribution >= 0.6 is 22.6 Å². The minimum Gasteiger partial charge on any atom is -0.325 e. The Balaban J connectivity index is 2.72. The number of hydrogen-bond acceptors (Lipinski definition) is 2. The molecule has 96 valence electrons. The van der Waals surface area contributed by atoms with Crippen molar-refractivity contribution in [3.8, 4) is 0 Å². The van der Waals surface area contributed by atoms with Gasteiger partial charge in [0.05, 0.1) is 0 Å². The van der Waals surface area contributed by atoms with Gasteiger partial charge in [0.2, 0.25) is 0 Å². The number of rotatable bonds is 2. The van der Waals surface area contributed by atoms with Crippen LogP contribution in [-0.4, -0.2) is 10.5 Å². The fourth-order valence-corrected chi connectivity index (χ4v) is 2.68. The van der Waals surface area contributed by atoms with Crippen LogP contribution in [0.3, 0.4) is 0 Å². The van der Waals surface area contributed by atoms with Crippen molar-refractivity contribution in [1.29, 1.82) is 0 Å². The molecule has 1 aromatic heterocycles. The standard InChI is InChI=1S/C14H16FIN2/c1-8-4-9(7-14(2,3)17)11-5-10(16)6-12(15)13(11)18-8/h4-6H,7,17H2,1-3H3. The largest absolute Gasteiger partial charge is 0.325 e. The van der Waals surface area contributed by atoms with Gasteiger partial charge in [-0.05, 0) is 73.5 Å². The third-order valence-electron chi connectivity index (χ3n) is 2.69. The van der Waals surface area contributed by atoms with Gasteiger partial charge in [-0.2, -0.15) is 0 Å².